The molecule has 0 aliphatic heterocycles. The normalized spacial score (nSPS) is 12.4. The molecule has 11 rings (SSSR count). The van der Waals surface area contributed by atoms with Gasteiger partial charge in [-0.3, -0.25) is 0 Å². The number of fused-ring (bicyclic) bond motifs is 12. The van der Waals surface area contributed by atoms with E-state index in [1.54, 1.807) is 0 Å². The first-order valence-corrected chi connectivity index (χ1v) is 17.3. The maximum atomic E-state index is 4.83. The first-order chi connectivity index (χ1) is 23.2. The second kappa shape index (κ2) is 9.22. The number of aryl methyl sites for hydroxylation is 1. The van der Waals surface area contributed by atoms with Crippen LogP contribution in [0.3, 0.4) is 0 Å². The zero-order valence-electron chi connectivity index (χ0n) is 25.3. The molecule has 0 aliphatic rings. The lowest BCUT2D eigenvalue weighted by Crippen LogP contribution is -1.90. The minimum Gasteiger partial charge on any atom is -0.347 e. The lowest BCUT2D eigenvalue weighted by molar-refractivity contribution is 0.934. The molecule has 222 valence electrons. The molecule has 0 bridgehead atoms. The Morgan fingerprint density at radius 1 is 0.511 bits per heavy atom. The van der Waals surface area contributed by atoms with Gasteiger partial charge in [0.2, 0.25) is 0 Å². The van der Waals surface area contributed by atoms with Crippen molar-refractivity contribution >= 4 is 92.8 Å². The fourth-order valence-electron chi connectivity index (χ4n) is 7.76. The molecular formula is C40H25N5S2. The van der Waals surface area contributed by atoms with E-state index in [9.17, 15) is 0 Å². The Labute approximate surface area is 276 Å². The van der Waals surface area contributed by atoms with Crippen LogP contribution >= 0.6 is 22.7 Å². The molecule has 4 aromatic carbocycles. The van der Waals surface area contributed by atoms with Crippen molar-refractivity contribution in [1.82, 2.24) is 23.3 Å². The highest BCUT2D eigenvalue weighted by Crippen LogP contribution is 2.46. The molecule has 7 heteroatoms. The summed E-state index contributed by atoms with van der Waals surface area (Å²) in [5.74, 6) is 0. The number of para-hydroxylation sites is 4. The van der Waals surface area contributed by atoms with Crippen LogP contribution in [0.4, 0.5) is 0 Å². The molecule has 0 aliphatic carbocycles. The summed E-state index contributed by atoms with van der Waals surface area (Å²) in [7, 11) is 2.16. The second-order valence-electron chi connectivity index (χ2n) is 12.2. The molecule has 0 spiro atoms. The summed E-state index contributed by atoms with van der Waals surface area (Å²) in [5, 5.41) is 14.9. The summed E-state index contributed by atoms with van der Waals surface area (Å²) in [6.07, 6.45) is 4.16. The summed E-state index contributed by atoms with van der Waals surface area (Å²) in [4.78, 5) is 1.23. The number of thiophene rings is 2. The van der Waals surface area contributed by atoms with Gasteiger partial charge in [-0.15, -0.1) is 22.7 Å². The van der Waals surface area contributed by atoms with Crippen LogP contribution in [0.5, 0.6) is 0 Å². The van der Waals surface area contributed by atoms with Gasteiger partial charge in [0.25, 0.3) is 0 Å². The van der Waals surface area contributed by atoms with Crippen LogP contribution in [0.15, 0.2) is 134 Å². The van der Waals surface area contributed by atoms with E-state index in [1.165, 1.54) is 79.7 Å². The van der Waals surface area contributed by atoms with E-state index in [4.69, 9.17) is 5.10 Å². The molecule has 0 N–H and O–H groups in total. The van der Waals surface area contributed by atoms with Crippen LogP contribution in [-0.4, -0.2) is 23.3 Å². The Balaban J connectivity index is 1.19. The van der Waals surface area contributed by atoms with E-state index in [1.807, 2.05) is 28.9 Å². The number of aromatic nitrogens is 5. The van der Waals surface area contributed by atoms with Crippen molar-refractivity contribution in [3.63, 3.8) is 0 Å². The number of hydrogen-bond donors (Lipinski definition) is 0. The van der Waals surface area contributed by atoms with E-state index in [0.717, 1.165) is 11.0 Å². The van der Waals surface area contributed by atoms with Crippen LogP contribution in [0.2, 0.25) is 0 Å². The Bertz CT molecular complexity index is 2940. The lowest BCUT2D eigenvalue weighted by atomic mass is 10.1. The first-order valence-electron chi connectivity index (χ1n) is 15.7. The molecule has 0 radical (unpaired) electrons. The van der Waals surface area contributed by atoms with Gasteiger partial charge in [-0.1, -0.05) is 72.8 Å². The van der Waals surface area contributed by atoms with Crippen molar-refractivity contribution in [3.8, 4) is 20.6 Å². The monoisotopic (exact) mass is 639 g/mol. The zero-order valence-corrected chi connectivity index (χ0v) is 26.9. The van der Waals surface area contributed by atoms with Gasteiger partial charge >= 0.3 is 0 Å². The van der Waals surface area contributed by atoms with Gasteiger partial charge < -0.3 is 13.7 Å². The average Bonchev–Trinajstić information content (AvgIpc) is 3.95. The van der Waals surface area contributed by atoms with Crippen molar-refractivity contribution < 1.29 is 0 Å². The van der Waals surface area contributed by atoms with Crippen molar-refractivity contribution in [1.29, 1.82) is 0 Å². The van der Waals surface area contributed by atoms with Crippen molar-refractivity contribution in [2.75, 3.05) is 0 Å². The van der Waals surface area contributed by atoms with Gasteiger partial charge in [-0.05, 0) is 48.5 Å². The largest absolute Gasteiger partial charge is 0.347 e. The standard InChI is InChI=1S/C40H25N5S2/c1-42-23-34-38(39(42)35-18-19-36(46-35)43-29-14-6-2-10-24(29)25-11-3-7-15-30(25)43)28-22-37(47-40(28)33-20-21-41-45(33)34)44-31-16-8-4-12-26(31)27-13-5-9-17-32(27)44/h2-23H,1H3. The summed E-state index contributed by atoms with van der Waals surface area (Å²) in [6, 6.07) is 44.0. The smallest absolute Gasteiger partial charge is 0.101 e. The van der Waals surface area contributed by atoms with Gasteiger partial charge in [0.05, 0.1) is 54.6 Å². The number of pyridine rings is 1. The Morgan fingerprint density at radius 3 is 1.66 bits per heavy atom. The molecule has 5 nitrogen and oxygen atoms in total. The fourth-order valence-corrected chi connectivity index (χ4v) is 10.1. The van der Waals surface area contributed by atoms with Crippen LogP contribution in [0.1, 0.15) is 0 Å². The molecule has 7 heterocycles. The maximum Gasteiger partial charge on any atom is 0.101 e. The Kier molecular flexibility index (Phi) is 5.01. The number of benzene rings is 4. The highest BCUT2D eigenvalue weighted by Gasteiger charge is 2.23. The summed E-state index contributed by atoms with van der Waals surface area (Å²) < 4.78 is 10.5. The second-order valence-corrected chi connectivity index (χ2v) is 14.3. The van der Waals surface area contributed by atoms with E-state index in [2.05, 4.69) is 153 Å². The summed E-state index contributed by atoms with van der Waals surface area (Å²) in [6.45, 7) is 0. The summed E-state index contributed by atoms with van der Waals surface area (Å²) in [5.41, 5.74) is 8.38. The molecule has 0 amide bonds. The molecule has 47 heavy (non-hydrogen) atoms. The van der Waals surface area contributed by atoms with Crippen LogP contribution in [0, 0.1) is 0 Å². The van der Waals surface area contributed by atoms with E-state index >= 15 is 0 Å². The van der Waals surface area contributed by atoms with Crippen molar-refractivity contribution in [3.05, 3.63) is 134 Å². The number of rotatable bonds is 3. The fraction of sp³-hybridized carbons (Fsp3) is 0.0250. The molecule has 0 unspecified atom stereocenters. The summed E-state index contributed by atoms with van der Waals surface area (Å²) >= 11 is 3.69. The van der Waals surface area contributed by atoms with Gasteiger partial charge in [-0.2, -0.15) is 5.10 Å². The van der Waals surface area contributed by atoms with Crippen LogP contribution in [0.25, 0.3) is 90.7 Å². The topological polar surface area (TPSA) is 32.1 Å². The third-order valence-corrected chi connectivity index (χ3v) is 11.9. The van der Waals surface area contributed by atoms with Gasteiger partial charge in [0.1, 0.15) is 10.0 Å². The van der Waals surface area contributed by atoms with Crippen LogP contribution < -0.4 is 0 Å². The average molecular weight is 640 g/mol. The minimum absolute atomic E-state index is 1.12. The van der Waals surface area contributed by atoms with Crippen molar-refractivity contribution in [2.45, 2.75) is 0 Å². The SMILES string of the molecule is Cn1cc2c(c1-c1ccc(-n3c4ccccc4c4ccccc43)s1)c1cc(-n3c4ccccc4c4ccccc43)sc1c1ccnn12. The van der Waals surface area contributed by atoms with Gasteiger partial charge in [0, 0.05) is 45.6 Å². The Morgan fingerprint density at radius 2 is 1.06 bits per heavy atom. The quantitative estimate of drug-likeness (QED) is 0.189. The number of nitrogens with zero attached hydrogens (tertiary/aromatic N) is 5. The predicted octanol–water partition coefficient (Wildman–Crippen LogP) is 11.0. The molecule has 0 fully saturated rings. The third kappa shape index (κ3) is 3.34. The van der Waals surface area contributed by atoms with E-state index < -0.39 is 0 Å². The van der Waals surface area contributed by atoms with Gasteiger partial charge in [-0.25, -0.2) is 4.52 Å². The van der Waals surface area contributed by atoms with Crippen LogP contribution in [-0.2, 0) is 7.05 Å². The first kappa shape index (κ1) is 25.5. The zero-order chi connectivity index (χ0) is 30.8. The molecule has 0 saturated heterocycles. The minimum atomic E-state index is 1.12. The Hall–Kier alpha value is -5.63. The molecule has 0 atom stereocenters. The maximum absolute atomic E-state index is 4.83. The highest BCUT2D eigenvalue weighted by atomic mass is 32.1. The molecular weight excluding hydrogens is 615 g/mol. The predicted molar refractivity (Wildman–Crippen MR) is 199 cm³/mol. The lowest BCUT2D eigenvalue weighted by Gasteiger charge is -2.05. The molecule has 11 aromatic rings. The van der Waals surface area contributed by atoms with E-state index in [-0.39, 0.29) is 0 Å². The van der Waals surface area contributed by atoms with E-state index in [0.29, 0.717) is 0 Å². The third-order valence-electron chi connectivity index (χ3n) is 9.68. The van der Waals surface area contributed by atoms with Gasteiger partial charge in [0.15, 0.2) is 0 Å². The number of hydrogen-bond acceptors (Lipinski definition) is 3. The highest BCUT2D eigenvalue weighted by molar-refractivity contribution is 7.22. The molecule has 0 saturated carbocycles. The molecule has 7 aromatic heterocycles. The van der Waals surface area contributed by atoms with Crippen molar-refractivity contribution in [2.24, 2.45) is 7.05 Å².